The van der Waals surface area contributed by atoms with E-state index in [0.29, 0.717) is 5.56 Å². The van der Waals surface area contributed by atoms with Crippen LogP contribution in [0.1, 0.15) is 29.2 Å². The van der Waals surface area contributed by atoms with E-state index in [1.165, 1.54) is 36.5 Å². The Morgan fingerprint density at radius 3 is 2.17 bits per heavy atom. The highest BCUT2D eigenvalue weighted by molar-refractivity contribution is 5.31. The highest BCUT2D eigenvalue weighted by Crippen LogP contribution is 2.26. The van der Waals surface area contributed by atoms with E-state index in [1.807, 2.05) is 0 Å². The molecular weight excluding hydrogens is 243 g/mol. The standard InChI is InChI=1S/C13H10F3NO/c14-11-7-17-6-5-10(11)12(18)8-1-3-9(4-2-8)13(15)16/h1-7,12-13,18H. The van der Waals surface area contributed by atoms with Crippen molar-refractivity contribution in [1.29, 1.82) is 0 Å². The summed E-state index contributed by atoms with van der Waals surface area (Å²) in [5.74, 6) is -0.636. The number of hydrogen-bond acceptors (Lipinski definition) is 2. The van der Waals surface area contributed by atoms with Crippen LogP contribution in [0.5, 0.6) is 0 Å². The molecule has 5 heteroatoms. The Balaban J connectivity index is 2.29. The van der Waals surface area contributed by atoms with E-state index in [4.69, 9.17) is 0 Å². The van der Waals surface area contributed by atoms with Crippen molar-refractivity contribution < 1.29 is 18.3 Å². The number of benzene rings is 1. The molecule has 1 aromatic carbocycles. The molecule has 0 amide bonds. The van der Waals surface area contributed by atoms with Gasteiger partial charge in [-0.3, -0.25) is 4.98 Å². The number of rotatable bonds is 3. The predicted octanol–water partition coefficient (Wildman–Crippen LogP) is 3.24. The van der Waals surface area contributed by atoms with Gasteiger partial charge in [0.15, 0.2) is 0 Å². The molecule has 0 fully saturated rings. The maximum absolute atomic E-state index is 13.4. The first-order chi connectivity index (χ1) is 8.59. The van der Waals surface area contributed by atoms with Crippen LogP contribution in [-0.4, -0.2) is 10.1 Å². The number of halogens is 3. The van der Waals surface area contributed by atoms with Crippen LogP contribution in [0.15, 0.2) is 42.7 Å². The van der Waals surface area contributed by atoms with Gasteiger partial charge in [0.05, 0.1) is 6.20 Å². The Morgan fingerprint density at radius 1 is 1.00 bits per heavy atom. The Bertz CT molecular complexity index is 528. The van der Waals surface area contributed by atoms with E-state index in [9.17, 15) is 18.3 Å². The van der Waals surface area contributed by atoms with Crippen molar-refractivity contribution in [3.05, 3.63) is 65.2 Å². The van der Waals surface area contributed by atoms with Gasteiger partial charge in [-0.05, 0) is 11.6 Å². The van der Waals surface area contributed by atoms with Crippen molar-refractivity contribution in [2.45, 2.75) is 12.5 Å². The lowest BCUT2D eigenvalue weighted by molar-refractivity contribution is 0.151. The molecule has 18 heavy (non-hydrogen) atoms. The van der Waals surface area contributed by atoms with Gasteiger partial charge in [-0.25, -0.2) is 13.2 Å². The molecule has 0 saturated heterocycles. The van der Waals surface area contributed by atoms with E-state index in [2.05, 4.69) is 4.98 Å². The van der Waals surface area contributed by atoms with Crippen molar-refractivity contribution >= 4 is 0 Å². The molecule has 94 valence electrons. The molecule has 1 N–H and O–H groups in total. The lowest BCUT2D eigenvalue weighted by atomic mass is 10.0. The number of nitrogens with zero attached hydrogens (tertiary/aromatic N) is 1. The Kier molecular flexibility index (Phi) is 3.62. The first kappa shape index (κ1) is 12.6. The van der Waals surface area contributed by atoms with Gasteiger partial charge in [-0.1, -0.05) is 24.3 Å². The lowest BCUT2D eigenvalue weighted by Gasteiger charge is -2.12. The van der Waals surface area contributed by atoms with Gasteiger partial charge in [0.1, 0.15) is 11.9 Å². The number of aliphatic hydroxyl groups is 1. The number of alkyl halides is 2. The first-order valence-corrected chi connectivity index (χ1v) is 5.25. The van der Waals surface area contributed by atoms with Crippen LogP contribution in [0.25, 0.3) is 0 Å². The summed E-state index contributed by atoms with van der Waals surface area (Å²) in [5, 5.41) is 9.95. The Morgan fingerprint density at radius 2 is 1.61 bits per heavy atom. The zero-order valence-electron chi connectivity index (χ0n) is 9.22. The molecule has 1 unspecified atom stereocenters. The molecular formula is C13H10F3NO. The number of aromatic nitrogens is 1. The highest BCUT2D eigenvalue weighted by Gasteiger charge is 2.15. The molecule has 2 aromatic rings. The Labute approximate surface area is 102 Å². The molecule has 0 aliphatic rings. The second-order valence-electron chi connectivity index (χ2n) is 3.77. The molecule has 1 atom stereocenters. The van der Waals surface area contributed by atoms with Gasteiger partial charge in [0, 0.05) is 17.3 Å². The van der Waals surface area contributed by atoms with Gasteiger partial charge in [-0.2, -0.15) is 0 Å². The molecule has 0 saturated carbocycles. The van der Waals surface area contributed by atoms with E-state index >= 15 is 0 Å². The van der Waals surface area contributed by atoms with Gasteiger partial charge < -0.3 is 5.11 Å². The van der Waals surface area contributed by atoms with Crippen LogP contribution in [0.3, 0.4) is 0 Å². The average Bonchev–Trinajstić information content (AvgIpc) is 2.38. The van der Waals surface area contributed by atoms with Gasteiger partial charge in [0.2, 0.25) is 0 Å². The summed E-state index contributed by atoms with van der Waals surface area (Å²) in [4.78, 5) is 3.57. The molecule has 0 bridgehead atoms. The topological polar surface area (TPSA) is 33.1 Å². The molecule has 0 aliphatic heterocycles. The quantitative estimate of drug-likeness (QED) is 0.910. The fourth-order valence-corrected chi connectivity index (χ4v) is 1.61. The number of pyridine rings is 1. The van der Waals surface area contributed by atoms with Gasteiger partial charge >= 0.3 is 0 Å². The average molecular weight is 253 g/mol. The molecule has 2 nitrogen and oxygen atoms in total. The van der Waals surface area contributed by atoms with Crippen molar-refractivity contribution in [3.63, 3.8) is 0 Å². The maximum Gasteiger partial charge on any atom is 0.263 e. The zero-order chi connectivity index (χ0) is 13.1. The third kappa shape index (κ3) is 2.51. The van der Waals surface area contributed by atoms with E-state index in [1.54, 1.807) is 0 Å². The second kappa shape index (κ2) is 5.18. The number of hydrogen-bond donors (Lipinski definition) is 1. The van der Waals surface area contributed by atoms with Crippen molar-refractivity contribution in [2.24, 2.45) is 0 Å². The summed E-state index contributed by atoms with van der Waals surface area (Å²) in [5.41, 5.74) is 0.278. The molecule has 0 spiro atoms. The van der Waals surface area contributed by atoms with Crippen LogP contribution in [0.2, 0.25) is 0 Å². The van der Waals surface area contributed by atoms with Crippen LogP contribution in [-0.2, 0) is 0 Å². The molecule has 0 radical (unpaired) electrons. The van der Waals surface area contributed by atoms with Crippen LogP contribution in [0, 0.1) is 5.82 Å². The molecule has 0 aliphatic carbocycles. The van der Waals surface area contributed by atoms with Crippen molar-refractivity contribution in [3.8, 4) is 0 Å². The summed E-state index contributed by atoms with van der Waals surface area (Å²) in [6.07, 6.45) is -1.41. The smallest absolute Gasteiger partial charge is 0.263 e. The third-order valence-electron chi connectivity index (χ3n) is 2.60. The minimum absolute atomic E-state index is 0.0646. The van der Waals surface area contributed by atoms with E-state index in [0.717, 1.165) is 6.20 Å². The highest BCUT2D eigenvalue weighted by atomic mass is 19.3. The van der Waals surface area contributed by atoms with Gasteiger partial charge in [-0.15, -0.1) is 0 Å². The van der Waals surface area contributed by atoms with Crippen LogP contribution in [0.4, 0.5) is 13.2 Å². The summed E-state index contributed by atoms with van der Waals surface area (Å²) >= 11 is 0. The Hall–Kier alpha value is -1.88. The predicted molar refractivity (Wildman–Crippen MR) is 59.7 cm³/mol. The summed E-state index contributed by atoms with van der Waals surface area (Å²) in [6.45, 7) is 0. The van der Waals surface area contributed by atoms with Crippen molar-refractivity contribution in [2.75, 3.05) is 0 Å². The van der Waals surface area contributed by atoms with Crippen LogP contribution < -0.4 is 0 Å². The summed E-state index contributed by atoms with van der Waals surface area (Å²) in [7, 11) is 0. The van der Waals surface area contributed by atoms with Gasteiger partial charge in [0.25, 0.3) is 6.43 Å². The normalized spacial score (nSPS) is 12.7. The zero-order valence-corrected chi connectivity index (χ0v) is 9.22. The molecule has 2 rings (SSSR count). The monoisotopic (exact) mass is 253 g/mol. The minimum Gasteiger partial charge on any atom is -0.384 e. The third-order valence-corrected chi connectivity index (χ3v) is 2.60. The molecule has 1 aromatic heterocycles. The minimum atomic E-state index is -2.56. The van der Waals surface area contributed by atoms with E-state index in [-0.39, 0.29) is 11.1 Å². The van der Waals surface area contributed by atoms with Crippen molar-refractivity contribution in [1.82, 2.24) is 4.98 Å². The molecule has 1 heterocycles. The number of aliphatic hydroxyl groups excluding tert-OH is 1. The van der Waals surface area contributed by atoms with Crippen LogP contribution >= 0.6 is 0 Å². The fourth-order valence-electron chi connectivity index (χ4n) is 1.61. The first-order valence-electron chi connectivity index (χ1n) is 5.25. The summed E-state index contributed by atoms with van der Waals surface area (Å²) in [6, 6.07) is 6.48. The SMILES string of the molecule is OC(c1ccc(C(F)F)cc1)c1ccncc1F. The largest absolute Gasteiger partial charge is 0.384 e. The summed E-state index contributed by atoms with van der Waals surface area (Å²) < 4.78 is 38.1. The second-order valence-corrected chi connectivity index (χ2v) is 3.77. The maximum atomic E-state index is 13.4. The lowest BCUT2D eigenvalue weighted by Crippen LogP contribution is -2.03. The fraction of sp³-hybridized carbons (Fsp3) is 0.154. The van der Waals surface area contributed by atoms with E-state index < -0.39 is 18.3 Å².